The lowest BCUT2D eigenvalue weighted by Gasteiger charge is -2.09. The topological polar surface area (TPSA) is 24.4 Å². The minimum Gasteiger partial charge on any atom is -0.277 e. The summed E-state index contributed by atoms with van der Waals surface area (Å²) in [5.41, 5.74) is 2.61. The van der Waals surface area contributed by atoms with E-state index in [1.807, 2.05) is 24.3 Å². The van der Waals surface area contributed by atoms with Crippen LogP contribution >= 0.6 is 27.5 Å². The Morgan fingerprint density at radius 1 is 1.14 bits per heavy atom. The molecule has 0 aliphatic carbocycles. The van der Waals surface area contributed by atoms with Crippen molar-refractivity contribution >= 4 is 39.4 Å². The molecular formula is C14H9BrClF3N2. The van der Waals surface area contributed by atoms with E-state index < -0.39 is 11.7 Å². The molecule has 0 bridgehead atoms. The minimum atomic E-state index is -4.42. The van der Waals surface area contributed by atoms with Crippen molar-refractivity contribution in [2.24, 2.45) is 5.10 Å². The third-order valence-corrected chi connectivity index (χ3v) is 3.64. The number of anilines is 1. The van der Waals surface area contributed by atoms with Gasteiger partial charge in [-0.25, -0.2) is 0 Å². The molecule has 2 rings (SSSR count). The Morgan fingerprint density at radius 3 is 2.52 bits per heavy atom. The molecule has 2 aromatic carbocycles. The number of hydrazone groups is 1. The fourth-order valence-electron chi connectivity index (χ4n) is 1.54. The predicted molar refractivity (Wildman–Crippen MR) is 81.8 cm³/mol. The molecule has 2 aromatic rings. The number of hydrogen-bond donors (Lipinski definition) is 1. The fraction of sp³-hybridized carbons (Fsp3) is 0.0714. The molecule has 0 spiro atoms. The molecule has 0 aliphatic rings. The van der Waals surface area contributed by atoms with Crippen molar-refractivity contribution in [1.82, 2.24) is 0 Å². The van der Waals surface area contributed by atoms with E-state index >= 15 is 0 Å². The molecule has 7 heteroatoms. The molecule has 0 fully saturated rings. The highest BCUT2D eigenvalue weighted by atomic mass is 79.9. The molecule has 2 nitrogen and oxygen atoms in total. The summed E-state index contributed by atoms with van der Waals surface area (Å²) < 4.78 is 38.7. The highest BCUT2D eigenvalue weighted by molar-refractivity contribution is 9.10. The first-order chi connectivity index (χ1) is 9.88. The zero-order valence-electron chi connectivity index (χ0n) is 10.5. The molecule has 0 amide bonds. The van der Waals surface area contributed by atoms with Crippen molar-refractivity contribution in [3.8, 4) is 0 Å². The first-order valence-electron chi connectivity index (χ1n) is 5.78. The van der Waals surface area contributed by atoms with Crippen LogP contribution in [0.5, 0.6) is 0 Å². The van der Waals surface area contributed by atoms with E-state index in [-0.39, 0.29) is 10.7 Å². The van der Waals surface area contributed by atoms with Gasteiger partial charge >= 0.3 is 6.18 Å². The SMILES string of the molecule is FC(F)(F)c1ccc(Cl)c(NN=Cc2ccccc2Br)c1. The van der Waals surface area contributed by atoms with Gasteiger partial charge in [-0.1, -0.05) is 45.7 Å². The minimum absolute atomic E-state index is 0.0924. The van der Waals surface area contributed by atoms with Gasteiger partial charge in [-0.05, 0) is 24.3 Å². The van der Waals surface area contributed by atoms with Crippen molar-refractivity contribution in [2.45, 2.75) is 6.18 Å². The summed E-state index contributed by atoms with van der Waals surface area (Å²) in [7, 11) is 0. The zero-order valence-corrected chi connectivity index (χ0v) is 12.8. The quantitative estimate of drug-likeness (QED) is 0.549. The van der Waals surface area contributed by atoms with Crippen molar-refractivity contribution in [3.63, 3.8) is 0 Å². The van der Waals surface area contributed by atoms with Gasteiger partial charge in [0.05, 0.1) is 22.5 Å². The van der Waals surface area contributed by atoms with E-state index in [1.54, 1.807) is 0 Å². The van der Waals surface area contributed by atoms with Gasteiger partial charge in [0.2, 0.25) is 0 Å². The summed E-state index contributed by atoms with van der Waals surface area (Å²) in [6, 6.07) is 10.3. The third-order valence-electron chi connectivity index (χ3n) is 2.59. The summed E-state index contributed by atoms with van der Waals surface area (Å²) in [6.45, 7) is 0. The van der Waals surface area contributed by atoms with E-state index in [2.05, 4.69) is 26.5 Å². The second kappa shape index (κ2) is 6.49. The smallest absolute Gasteiger partial charge is 0.277 e. The Labute approximate surface area is 132 Å². The van der Waals surface area contributed by atoms with Crippen LogP contribution in [-0.4, -0.2) is 6.21 Å². The Balaban J connectivity index is 2.18. The largest absolute Gasteiger partial charge is 0.416 e. The standard InChI is InChI=1S/C14H9BrClF3N2/c15-11-4-2-1-3-9(11)8-20-21-13-7-10(14(17,18)19)5-6-12(13)16/h1-8,21H. The lowest BCUT2D eigenvalue weighted by molar-refractivity contribution is -0.137. The molecule has 0 atom stereocenters. The molecule has 0 aliphatic heterocycles. The Bertz CT molecular complexity index is 672. The molecule has 21 heavy (non-hydrogen) atoms. The highest BCUT2D eigenvalue weighted by Crippen LogP contribution is 2.33. The monoisotopic (exact) mass is 376 g/mol. The first kappa shape index (κ1) is 15.9. The molecule has 1 N–H and O–H groups in total. The molecule has 0 unspecified atom stereocenters. The van der Waals surface area contributed by atoms with Crippen LogP contribution in [0.25, 0.3) is 0 Å². The summed E-state index contributed by atoms with van der Waals surface area (Å²) in [5, 5.41) is 4.06. The molecule has 0 saturated carbocycles. The summed E-state index contributed by atoms with van der Waals surface area (Å²) in [6.07, 6.45) is -2.94. The van der Waals surface area contributed by atoms with Crippen LogP contribution in [0.4, 0.5) is 18.9 Å². The molecule has 110 valence electrons. The van der Waals surface area contributed by atoms with Crippen LogP contribution in [0.2, 0.25) is 5.02 Å². The van der Waals surface area contributed by atoms with Gasteiger partial charge in [-0.3, -0.25) is 5.43 Å². The number of rotatable bonds is 3. The van der Waals surface area contributed by atoms with Gasteiger partial charge in [0.25, 0.3) is 0 Å². The number of nitrogens with zero attached hydrogens (tertiary/aromatic N) is 1. The second-order valence-corrected chi connectivity index (χ2v) is 5.35. The Hall–Kier alpha value is -1.53. The van der Waals surface area contributed by atoms with E-state index in [9.17, 15) is 13.2 Å². The number of nitrogens with one attached hydrogen (secondary N) is 1. The predicted octanol–water partition coefficient (Wildman–Crippen LogP) is 5.57. The van der Waals surface area contributed by atoms with Gasteiger partial charge in [-0.2, -0.15) is 18.3 Å². The summed E-state index contributed by atoms with van der Waals surface area (Å²) in [5.74, 6) is 0. The van der Waals surface area contributed by atoms with Gasteiger partial charge in [-0.15, -0.1) is 0 Å². The van der Waals surface area contributed by atoms with Crippen LogP contribution in [0, 0.1) is 0 Å². The van der Waals surface area contributed by atoms with Crippen LogP contribution in [0.1, 0.15) is 11.1 Å². The maximum atomic E-state index is 12.6. The van der Waals surface area contributed by atoms with Crippen molar-refractivity contribution in [3.05, 3.63) is 63.1 Å². The Morgan fingerprint density at radius 2 is 1.86 bits per heavy atom. The molecule has 0 radical (unpaired) electrons. The highest BCUT2D eigenvalue weighted by Gasteiger charge is 2.30. The third kappa shape index (κ3) is 4.22. The zero-order chi connectivity index (χ0) is 15.5. The van der Waals surface area contributed by atoms with Gasteiger partial charge in [0.1, 0.15) is 0 Å². The number of benzene rings is 2. The average molecular weight is 378 g/mol. The van der Waals surface area contributed by atoms with Crippen LogP contribution in [0.15, 0.2) is 52.0 Å². The lowest BCUT2D eigenvalue weighted by atomic mass is 10.2. The van der Waals surface area contributed by atoms with Crippen LogP contribution in [0.3, 0.4) is 0 Å². The maximum absolute atomic E-state index is 12.6. The van der Waals surface area contributed by atoms with Crippen LogP contribution < -0.4 is 5.43 Å². The number of hydrogen-bond acceptors (Lipinski definition) is 2. The average Bonchev–Trinajstić information content (AvgIpc) is 2.41. The molecule has 0 heterocycles. The summed E-state index contributed by atoms with van der Waals surface area (Å²) in [4.78, 5) is 0. The van der Waals surface area contributed by atoms with Gasteiger partial charge in [0, 0.05) is 10.0 Å². The lowest BCUT2D eigenvalue weighted by Crippen LogP contribution is -2.05. The van der Waals surface area contributed by atoms with E-state index in [1.165, 1.54) is 12.3 Å². The first-order valence-corrected chi connectivity index (χ1v) is 6.95. The van der Waals surface area contributed by atoms with Crippen molar-refractivity contribution < 1.29 is 13.2 Å². The molecule has 0 saturated heterocycles. The number of alkyl halides is 3. The van der Waals surface area contributed by atoms with Gasteiger partial charge < -0.3 is 0 Å². The van der Waals surface area contributed by atoms with Crippen molar-refractivity contribution in [2.75, 3.05) is 5.43 Å². The van der Waals surface area contributed by atoms with E-state index in [4.69, 9.17) is 11.6 Å². The summed E-state index contributed by atoms with van der Waals surface area (Å²) >= 11 is 9.19. The Kier molecular flexibility index (Phi) is 4.90. The number of halogens is 5. The normalized spacial score (nSPS) is 11.9. The maximum Gasteiger partial charge on any atom is 0.416 e. The van der Waals surface area contributed by atoms with E-state index in [0.717, 1.165) is 22.2 Å². The van der Waals surface area contributed by atoms with Crippen LogP contribution in [-0.2, 0) is 6.18 Å². The van der Waals surface area contributed by atoms with Crippen molar-refractivity contribution in [1.29, 1.82) is 0 Å². The van der Waals surface area contributed by atoms with E-state index in [0.29, 0.717) is 0 Å². The molecule has 0 aromatic heterocycles. The molecular weight excluding hydrogens is 369 g/mol. The fourth-order valence-corrected chi connectivity index (χ4v) is 2.09. The second-order valence-electron chi connectivity index (χ2n) is 4.08. The van der Waals surface area contributed by atoms with Gasteiger partial charge in [0.15, 0.2) is 0 Å².